The van der Waals surface area contributed by atoms with E-state index < -0.39 is 0 Å². The van der Waals surface area contributed by atoms with Crippen molar-refractivity contribution in [1.82, 2.24) is 5.16 Å². The van der Waals surface area contributed by atoms with Gasteiger partial charge in [0.05, 0.1) is 6.20 Å². The number of hydrogen-bond donors (Lipinski definition) is 0. The van der Waals surface area contributed by atoms with Gasteiger partial charge in [0.15, 0.2) is 0 Å². The second kappa shape index (κ2) is 22.5. The molecule has 0 N–H and O–H groups in total. The molecule has 0 saturated carbocycles. The Kier molecular flexibility index (Phi) is 32.4. The highest BCUT2D eigenvalue weighted by atomic mass is 16.5. The van der Waals surface area contributed by atoms with Gasteiger partial charge in [-0.05, 0) is 6.92 Å². The van der Waals surface area contributed by atoms with Crippen LogP contribution in [-0.2, 0) is 0 Å². The molecule has 1 aromatic heterocycles. The zero-order valence-corrected chi connectivity index (χ0v) is 9.51. The van der Waals surface area contributed by atoms with E-state index in [-0.39, 0.29) is 0 Å². The van der Waals surface area contributed by atoms with E-state index in [1.807, 2.05) is 48.5 Å². The molecule has 0 fully saturated rings. The maximum atomic E-state index is 4.46. The minimum atomic E-state index is 1.06. The third-order valence-electron chi connectivity index (χ3n) is 0.556. The van der Waals surface area contributed by atoms with Crippen molar-refractivity contribution in [1.29, 1.82) is 0 Å². The van der Waals surface area contributed by atoms with Crippen LogP contribution in [0.1, 0.15) is 47.1 Å². The van der Waals surface area contributed by atoms with E-state index in [4.69, 9.17) is 0 Å². The summed E-state index contributed by atoms with van der Waals surface area (Å²) < 4.78 is 4.46. The van der Waals surface area contributed by atoms with Crippen molar-refractivity contribution >= 4 is 0 Å². The molecule has 0 bridgehead atoms. The lowest BCUT2D eigenvalue weighted by atomic mass is 10.4. The lowest BCUT2D eigenvalue weighted by Crippen LogP contribution is -1.50. The summed E-state index contributed by atoms with van der Waals surface area (Å²) in [6.45, 7) is 13.9. The molecule has 0 aliphatic heterocycles. The molecule has 0 unspecified atom stereocenters. The van der Waals surface area contributed by atoms with Gasteiger partial charge in [0, 0.05) is 5.56 Å². The predicted octanol–water partition coefficient (Wildman–Crippen LogP) is 4.06. The molecule has 1 aromatic rings. The Morgan fingerprint density at radius 3 is 1.50 bits per heavy atom. The number of nitrogens with zero attached hydrogens (tertiary/aromatic N) is 1. The second-order valence-electron chi connectivity index (χ2n) is 1.20. The van der Waals surface area contributed by atoms with Crippen LogP contribution >= 0.6 is 0 Å². The molecule has 12 heavy (non-hydrogen) atoms. The van der Waals surface area contributed by atoms with E-state index in [1.165, 1.54) is 0 Å². The molecule has 0 aromatic carbocycles. The van der Waals surface area contributed by atoms with E-state index in [0.717, 1.165) is 5.56 Å². The van der Waals surface area contributed by atoms with Crippen LogP contribution in [0, 0.1) is 6.92 Å². The van der Waals surface area contributed by atoms with E-state index in [9.17, 15) is 0 Å². The van der Waals surface area contributed by atoms with Gasteiger partial charge < -0.3 is 4.52 Å². The lowest BCUT2D eigenvalue weighted by Gasteiger charge is -1.60. The Hall–Kier alpha value is -0.790. The molecule has 0 aliphatic carbocycles. The van der Waals surface area contributed by atoms with Gasteiger partial charge in [-0.25, -0.2) is 0 Å². The Morgan fingerprint density at radius 2 is 1.42 bits per heavy atom. The Morgan fingerprint density at radius 1 is 1.00 bits per heavy atom. The highest BCUT2D eigenvalue weighted by Gasteiger charge is 1.77. The third-order valence-corrected chi connectivity index (χ3v) is 0.556. The van der Waals surface area contributed by atoms with Crippen LogP contribution in [0.15, 0.2) is 17.0 Å². The van der Waals surface area contributed by atoms with Crippen molar-refractivity contribution in [2.75, 3.05) is 0 Å². The monoisotopic (exact) mass is 173 g/mol. The normalized spacial score (nSPS) is 5.92. The maximum Gasteiger partial charge on any atom is 0.126 e. The predicted molar refractivity (Wildman–Crippen MR) is 55.3 cm³/mol. The summed E-state index contributed by atoms with van der Waals surface area (Å²) in [6, 6.07) is 0. The van der Waals surface area contributed by atoms with Crippen molar-refractivity contribution in [3.8, 4) is 0 Å². The third kappa shape index (κ3) is 16.1. The molecule has 2 heteroatoms. The van der Waals surface area contributed by atoms with Crippen molar-refractivity contribution in [3.05, 3.63) is 18.0 Å². The van der Waals surface area contributed by atoms with Gasteiger partial charge in [0.1, 0.15) is 6.26 Å². The van der Waals surface area contributed by atoms with Crippen LogP contribution in [0.25, 0.3) is 0 Å². The molecule has 1 rings (SSSR count). The first-order valence-corrected chi connectivity index (χ1v) is 4.75. The van der Waals surface area contributed by atoms with E-state index >= 15 is 0 Å². The number of hydrogen-bond acceptors (Lipinski definition) is 2. The van der Waals surface area contributed by atoms with Crippen LogP contribution < -0.4 is 0 Å². The van der Waals surface area contributed by atoms with Crippen LogP contribution in [0.4, 0.5) is 0 Å². The van der Waals surface area contributed by atoms with Gasteiger partial charge in [-0.2, -0.15) is 0 Å². The largest absolute Gasteiger partial charge is 0.365 e. The van der Waals surface area contributed by atoms with Crippen molar-refractivity contribution in [2.24, 2.45) is 0 Å². The van der Waals surface area contributed by atoms with Crippen molar-refractivity contribution in [3.63, 3.8) is 0 Å². The van der Waals surface area contributed by atoms with Crippen molar-refractivity contribution < 1.29 is 4.52 Å². The number of aromatic nitrogens is 1. The molecule has 0 radical (unpaired) electrons. The molecule has 0 amide bonds. The average Bonchev–Trinajstić information content (AvgIpc) is 2.66. The second-order valence-corrected chi connectivity index (χ2v) is 1.20. The summed E-state index contributed by atoms with van der Waals surface area (Å²) in [5.41, 5.74) is 1.06. The Balaban J connectivity index is -0.000000117. The zero-order valence-electron chi connectivity index (χ0n) is 9.51. The molecule has 0 aliphatic rings. The smallest absolute Gasteiger partial charge is 0.126 e. The summed E-state index contributed by atoms with van der Waals surface area (Å²) >= 11 is 0. The van der Waals surface area contributed by atoms with Gasteiger partial charge >= 0.3 is 0 Å². The Labute approximate surface area is 77.0 Å². The first kappa shape index (κ1) is 17.3. The van der Waals surface area contributed by atoms with E-state index in [2.05, 4.69) is 9.68 Å². The quantitative estimate of drug-likeness (QED) is 0.591. The number of aryl methyl sites for hydroxylation is 1. The fourth-order valence-electron chi connectivity index (χ4n) is 0.258. The molecule has 2 nitrogen and oxygen atoms in total. The molecule has 0 atom stereocenters. The fourth-order valence-corrected chi connectivity index (χ4v) is 0.258. The average molecular weight is 173 g/mol. The van der Waals surface area contributed by atoms with Crippen LogP contribution in [-0.4, -0.2) is 5.16 Å². The van der Waals surface area contributed by atoms with Gasteiger partial charge in [0.2, 0.25) is 0 Å². The molecule has 74 valence electrons. The first-order chi connectivity index (χ1) is 5.89. The topological polar surface area (TPSA) is 26.0 Å². The minimum Gasteiger partial charge on any atom is -0.365 e. The highest BCUT2D eigenvalue weighted by molar-refractivity contribution is 4.94. The summed E-state index contributed by atoms with van der Waals surface area (Å²) in [5.74, 6) is 0. The van der Waals surface area contributed by atoms with Gasteiger partial charge in [-0.15, -0.1) is 0 Å². The van der Waals surface area contributed by atoms with Crippen molar-refractivity contribution in [2.45, 2.75) is 48.5 Å². The molecule has 0 spiro atoms. The van der Waals surface area contributed by atoms with Crippen LogP contribution in [0.3, 0.4) is 0 Å². The van der Waals surface area contributed by atoms with Gasteiger partial charge in [-0.1, -0.05) is 46.7 Å². The fraction of sp³-hybridized carbons (Fsp3) is 0.700. The molecule has 1 heterocycles. The molecular formula is C10H23NO. The van der Waals surface area contributed by atoms with E-state index in [1.54, 1.807) is 12.5 Å². The SMILES string of the molecule is CC.CC.CC.Cc1cnoc1. The standard InChI is InChI=1S/C4H5NO.3C2H6/c1-4-2-5-6-3-4;3*1-2/h2-3H,1H3;3*1-2H3. The zero-order chi connectivity index (χ0) is 10.4. The Bertz CT molecular complexity index is 113. The van der Waals surface area contributed by atoms with Gasteiger partial charge in [0.25, 0.3) is 0 Å². The summed E-state index contributed by atoms with van der Waals surface area (Å²) in [5, 5.41) is 3.45. The summed E-state index contributed by atoms with van der Waals surface area (Å²) in [7, 11) is 0. The highest BCUT2D eigenvalue weighted by Crippen LogP contribution is 1.88. The van der Waals surface area contributed by atoms with Gasteiger partial charge in [-0.3, -0.25) is 0 Å². The lowest BCUT2D eigenvalue weighted by molar-refractivity contribution is 0.419. The molecule has 0 saturated heterocycles. The summed E-state index contributed by atoms with van der Waals surface area (Å²) in [4.78, 5) is 0. The van der Waals surface area contributed by atoms with Crippen LogP contribution in [0.5, 0.6) is 0 Å². The number of rotatable bonds is 0. The maximum absolute atomic E-state index is 4.46. The van der Waals surface area contributed by atoms with E-state index in [0.29, 0.717) is 0 Å². The molecular weight excluding hydrogens is 150 g/mol. The summed E-state index contributed by atoms with van der Waals surface area (Å²) in [6.07, 6.45) is 3.26. The van der Waals surface area contributed by atoms with Crippen LogP contribution in [0.2, 0.25) is 0 Å². The first-order valence-electron chi connectivity index (χ1n) is 4.75. The minimum absolute atomic E-state index is 1.06.